The van der Waals surface area contributed by atoms with E-state index >= 15 is 0 Å². The molecule has 2 heterocycles. The van der Waals surface area contributed by atoms with Crippen molar-refractivity contribution >= 4 is 5.91 Å². The molecule has 7 nitrogen and oxygen atoms in total. The number of nitrogens with one attached hydrogen (secondary N) is 1. The number of benzene rings is 2. The van der Waals surface area contributed by atoms with E-state index in [1.165, 1.54) is 4.57 Å². The van der Waals surface area contributed by atoms with E-state index in [1.807, 2.05) is 54.1 Å². The summed E-state index contributed by atoms with van der Waals surface area (Å²) in [6.07, 6.45) is 5.27. The second kappa shape index (κ2) is 8.93. The summed E-state index contributed by atoms with van der Waals surface area (Å²) in [7, 11) is 1.55. The first kappa shape index (κ1) is 21.1. The third-order valence-electron chi connectivity index (χ3n) is 5.39. The Morgan fingerprint density at radius 1 is 0.969 bits per heavy atom. The van der Waals surface area contributed by atoms with E-state index < -0.39 is 11.5 Å². The van der Waals surface area contributed by atoms with Gasteiger partial charge in [0, 0.05) is 25.1 Å². The van der Waals surface area contributed by atoms with E-state index in [2.05, 4.69) is 10.3 Å². The predicted molar refractivity (Wildman–Crippen MR) is 123 cm³/mol. The number of aryl methyl sites for hydroxylation is 2. The highest BCUT2D eigenvalue weighted by Crippen LogP contribution is 2.21. The Morgan fingerprint density at radius 3 is 2.41 bits per heavy atom. The molecule has 0 spiro atoms. The smallest absolute Gasteiger partial charge is 0.268 e. The van der Waals surface area contributed by atoms with Crippen LogP contribution in [0.5, 0.6) is 5.75 Å². The Labute approximate surface area is 185 Å². The van der Waals surface area contributed by atoms with Gasteiger partial charge in [-0.25, -0.2) is 4.98 Å². The number of ether oxygens (including phenoxy) is 1. The summed E-state index contributed by atoms with van der Waals surface area (Å²) in [5.74, 6) is 0.978. The molecule has 32 heavy (non-hydrogen) atoms. The summed E-state index contributed by atoms with van der Waals surface area (Å²) in [5.41, 5.74) is 2.74. The van der Waals surface area contributed by atoms with Gasteiger partial charge in [-0.2, -0.15) is 0 Å². The predicted octanol–water partition coefficient (Wildman–Crippen LogP) is 3.58. The van der Waals surface area contributed by atoms with Gasteiger partial charge in [-0.3, -0.25) is 14.2 Å². The minimum absolute atomic E-state index is 0.106. The number of hydrogen-bond donors (Lipinski definition) is 1. The van der Waals surface area contributed by atoms with Gasteiger partial charge < -0.3 is 14.6 Å². The number of hydrogen-bond acceptors (Lipinski definition) is 4. The molecule has 4 rings (SSSR count). The summed E-state index contributed by atoms with van der Waals surface area (Å²) < 4.78 is 8.78. The Hall–Kier alpha value is -4.13. The molecule has 0 saturated carbocycles. The molecular formula is C25H24N4O3. The molecule has 1 amide bonds. The van der Waals surface area contributed by atoms with Gasteiger partial charge in [0.1, 0.15) is 17.1 Å². The standard InChI is InChI=1S/C25H24N4O3/c1-17-12-14-29(21-10-6-7-11-22(21)32-3)25(31)23(17)24(30)27-16-19-8-4-5-9-20(19)28-15-13-26-18(28)2/h4-15H,16H2,1-3H3,(H,27,30). The highest BCUT2D eigenvalue weighted by atomic mass is 16.5. The van der Waals surface area contributed by atoms with Gasteiger partial charge in [0.25, 0.3) is 11.5 Å². The molecule has 7 heteroatoms. The highest BCUT2D eigenvalue weighted by molar-refractivity contribution is 5.95. The zero-order valence-corrected chi connectivity index (χ0v) is 18.2. The van der Waals surface area contributed by atoms with Crippen LogP contribution >= 0.6 is 0 Å². The van der Waals surface area contributed by atoms with Crippen LogP contribution in [-0.2, 0) is 6.54 Å². The average molecular weight is 428 g/mol. The van der Waals surface area contributed by atoms with Crippen LogP contribution in [0, 0.1) is 13.8 Å². The second-order valence-electron chi connectivity index (χ2n) is 7.38. The molecule has 162 valence electrons. The van der Waals surface area contributed by atoms with E-state index in [0.717, 1.165) is 17.1 Å². The third-order valence-corrected chi connectivity index (χ3v) is 5.39. The van der Waals surface area contributed by atoms with Crippen molar-refractivity contribution < 1.29 is 9.53 Å². The molecule has 2 aromatic heterocycles. The SMILES string of the molecule is COc1ccccc1-n1ccc(C)c(C(=O)NCc2ccccc2-n2ccnc2C)c1=O. The quantitative estimate of drug-likeness (QED) is 0.509. The van der Waals surface area contributed by atoms with Crippen LogP contribution in [0.4, 0.5) is 0 Å². The Morgan fingerprint density at radius 2 is 1.69 bits per heavy atom. The zero-order valence-electron chi connectivity index (χ0n) is 18.2. The summed E-state index contributed by atoms with van der Waals surface area (Å²) in [6, 6.07) is 16.7. The fourth-order valence-electron chi connectivity index (χ4n) is 3.71. The first-order valence-electron chi connectivity index (χ1n) is 10.2. The summed E-state index contributed by atoms with van der Waals surface area (Å²) in [4.78, 5) is 30.6. The molecule has 0 fully saturated rings. The van der Waals surface area contributed by atoms with Crippen LogP contribution in [0.25, 0.3) is 11.4 Å². The van der Waals surface area contributed by atoms with Crippen LogP contribution in [0.1, 0.15) is 27.3 Å². The number of methoxy groups -OCH3 is 1. The molecular weight excluding hydrogens is 404 g/mol. The van der Waals surface area contributed by atoms with Gasteiger partial charge in [0.2, 0.25) is 0 Å². The van der Waals surface area contributed by atoms with Gasteiger partial charge in [-0.15, -0.1) is 0 Å². The van der Waals surface area contributed by atoms with Gasteiger partial charge in [-0.1, -0.05) is 30.3 Å². The average Bonchev–Trinajstić information content (AvgIpc) is 3.23. The molecule has 0 unspecified atom stereocenters. The van der Waals surface area contributed by atoms with Gasteiger partial charge in [0.05, 0.1) is 18.5 Å². The normalized spacial score (nSPS) is 10.7. The van der Waals surface area contributed by atoms with E-state index in [-0.39, 0.29) is 12.1 Å². The van der Waals surface area contributed by atoms with E-state index in [9.17, 15) is 9.59 Å². The molecule has 4 aromatic rings. The lowest BCUT2D eigenvalue weighted by Crippen LogP contribution is -2.33. The van der Waals surface area contributed by atoms with E-state index in [0.29, 0.717) is 17.0 Å². The molecule has 0 atom stereocenters. The largest absolute Gasteiger partial charge is 0.495 e. The fourth-order valence-corrected chi connectivity index (χ4v) is 3.71. The minimum atomic E-state index is -0.422. The number of rotatable bonds is 6. The third kappa shape index (κ3) is 3.92. The molecule has 0 radical (unpaired) electrons. The van der Waals surface area contributed by atoms with Crippen molar-refractivity contribution in [3.8, 4) is 17.1 Å². The highest BCUT2D eigenvalue weighted by Gasteiger charge is 2.18. The van der Waals surface area contributed by atoms with Crippen LogP contribution in [0.15, 0.2) is 78.0 Å². The maximum atomic E-state index is 13.2. The van der Waals surface area contributed by atoms with Crippen LogP contribution in [-0.4, -0.2) is 27.1 Å². The van der Waals surface area contributed by atoms with Crippen LogP contribution in [0.2, 0.25) is 0 Å². The van der Waals surface area contributed by atoms with E-state index in [4.69, 9.17) is 4.74 Å². The van der Waals surface area contributed by atoms with E-state index in [1.54, 1.807) is 44.6 Å². The fraction of sp³-hybridized carbons (Fsp3) is 0.160. The number of imidazole rings is 1. The zero-order chi connectivity index (χ0) is 22.7. The number of carbonyl (C=O) groups is 1. The lowest BCUT2D eigenvalue weighted by Gasteiger charge is -2.15. The Kier molecular flexibility index (Phi) is 5.89. The van der Waals surface area contributed by atoms with Crippen LogP contribution in [0.3, 0.4) is 0 Å². The molecule has 0 aliphatic rings. The number of amides is 1. The first-order chi connectivity index (χ1) is 15.5. The van der Waals surface area contributed by atoms with Gasteiger partial charge in [0.15, 0.2) is 0 Å². The molecule has 0 bridgehead atoms. The van der Waals surface area contributed by atoms with Crippen molar-refractivity contribution in [2.24, 2.45) is 0 Å². The maximum Gasteiger partial charge on any atom is 0.268 e. The number of nitrogens with zero attached hydrogens (tertiary/aromatic N) is 3. The Balaban J connectivity index is 1.65. The topological polar surface area (TPSA) is 78.2 Å². The minimum Gasteiger partial charge on any atom is -0.495 e. The molecule has 0 aliphatic heterocycles. The monoisotopic (exact) mass is 428 g/mol. The first-order valence-corrected chi connectivity index (χ1v) is 10.2. The lowest BCUT2D eigenvalue weighted by atomic mass is 10.1. The van der Waals surface area contributed by atoms with Crippen molar-refractivity contribution in [3.63, 3.8) is 0 Å². The van der Waals surface area contributed by atoms with Crippen molar-refractivity contribution in [2.75, 3.05) is 7.11 Å². The second-order valence-corrected chi connectivity index (χ2v) is 7.38. The molecule has 0 saturated heterocycles. The van der Waals surface area contributed by atoms with Crippen molar-refractivity contribution in [3.05, 3.63) is 106 Å². The van der Waals surface area contributed by atoms with Crippen molar-refractivity contribution in [2.45, 2.75) is 20.4 Å². The number of pyridine rings is 1. The van der Waals surface area contributed by atoms with Crippen molar-refractivity contribution in [1.82, 2.24) is 19.4 Å². The van der Waals surface area contributed by atoms with Gasteiger partial charge in [-0.05, 0) is 49.2 Å². The summed E-state index contributed by atoms with van der Waals surface area (Å²) >= 11 is 0. The number of para-hydroxylation sites is 3. The number of carbonyl (C=O) groups excluding carboxylic acids is 1. The molecule has 0 aliphatic carbocycles. The lowest BCUT2D eigenvalue weighted by molar-refractivity contribution is 0.0948. The molecule has 1 N–H and O–H groups in total. The van der Waals surface area contributed by atoms with Gasteiger partial charge >= 0.3 is 0 Å². The number of aromatic nitrogens is 3. The summed E-state index contributed by atoms with van der Waals surface area (Å²) in [6.45, 7) is 3.95. The molecule has 2 aromatic carbocycles. The summed E-state index contributed by atoms with van der Waals surface area (Å²) in [5, 5.41) is 2.91. The Bertz CT molecular complexity index is 1340. The van der Waals surface area contributed by atoms with Crippen molar-refractivity contribution in [1.29, 1.82) is 0 Å². The maximum absolute atomic E-state index is 13.2. The van der Waals surface area contributed by atoms with Crippen LogP contribution < -0.4 is 15.6 Å².